The molecule has 0 fully saturated rings. The van der Waals surface area contributed by atoms with E-state index in [2.05, 4.69) is 27.4 Å². The van der Waals surface area contributed by atoms with Crippen molar-refractivity contribution in [2.24, 2.45) is 0 Å². The minimum Gasteiger partial charge on any atom is -0.396 e. The molecule has 1 atom stereocenters. The molecule has 0 amide bonds. The Morgan fingerprint density at radius 2 is 2.56 bits per heavy atom. The number of thioether (sulfide) groups is 1. The van der Waals surface area contributed by atoms with Crippen molar-refractivity contribution in [3.8, 4) is 0 Å². The van der Waals surface area contributed by atoms with Crippen LogP contribution < -0.4 is 0 Å². The van der Waals surface area contributed by atoms with Crippen LogP contribution in [-0.4, -0.2) is 21.8 Å². The molecule has 0 aromatic rings. The van der Waals surface area contributed by atoms with Crippen molar-refractivity contribution in [2.75, 3.05) is 12.4 Å². The molecule has 9 heavy (non-hydrogen) atoms. The fourth-order valence-electron chi connectivity index (χ4n) is 0.746. The molecular formula is C6H9BrOS. The van der Waals surface area contributed by atoms with E-state index < -0.39 is 0 Å². The highest BCUT2D eigenvalue weighted by atomic mass is 79.9. The lowest BCUT2D eigenvalue weighted by molar-refractivity contribution is 0.282. The van der Waals surface area contributed by atoms with Crippen molar-refractivity contribution in [2.45, 2.75) is 10.7 Å². The second-order valence-corrected chi connectivity index (χ2v) is 4.60. The number of aliphatic hydroxyl groups is 1. The molecule has 0 saturated heterocycles. The van der Waals surface area contributed by atoms with Crippen molar-refractivity contribution in [3.63, 3.8) is 0 Å². The number of hydrogen-bond donors (Lipinski definition) is 1. The second-order valence-electron chi connectivity index (χ2n) is 2.12. The lowest BCUT2D eigenvalue weighted by Crippen LogP contribution is -2.19. The third kappa shape index (κ3) is 1.99. The van der Waals surface area contributed by atoms with Crippen molar-refractivity contribution < 1.29 is 5.11 Å². The summed E-state index contributed by atoms with van der Waals surface area (Å²) < 4.78 is 0.0897. The molecule has 1 unspecified atom stereocenters. The van der Waals surface area contributed by atoms with Gasteiger partial charge in [-0.3, -0.25) is 0 Å². The third-order valence-corrected chi connectivity index (χ3v) is 3.64. The molecule has 1 nitrogen and oxygen atoms in total. The fourth-order valence-corrected chi connectivity index (χ4v) is 2.60. The summed E-state index contributed by atoms with van der Waals surface area (Å²) in [5, 5.41) is 10.7. The largest absolute Gasteiger partial charge is 0.396 e. The van der Waals surface area contributed by atoms with Gasteiger partial charge in [-0.15, -0.1) is 11.8 Å². The molecule has 0 aliphatic carbocycles. The van der Waals surface area contributed by atoms with E-state index >= 15 is 0 Å². The standard InChI is InChI=1S/C6H9BrOS/c7-6(1-3-8)2-4-9-5-6/h2,4,8H,1,3,5H2. The number of allylic oxidation sites excluding steroid dienone is 1. The molecule has 3 heteroatoms. The molecule has 1 aliphatic rings. The Kier molecular flexibility index (Phi) is 2.61. The van der Waals surface area contributed by atoms with E-state index in [1.165, 1.54) is 0 Å². The van der Waals surface area contributed by atoms with Crippen LogP contribution in [0.15, 0.2) is 11.5 Å². The Morgan fingerprint density at radius 3 is 3.00 bits per heavy atom. The van der Waals surface area contributed by atoms with Crippen molar-refractivity contribution >= 4 is 27.7 Å². The first-order valence-corrected chi connectivity index (χ1v) is 4.70. The quantitative estimate of drug-likeness (QED) is 0.699. The van der Waals surface area contributed by atoms with Gasteiger partial charge in [0.05, 0.1) is 4.32 Å². The first kappa shape index (κ1) is 7.63. The normalized spacial score (nSPS) is 33.6. The summed E-state index contributed by atoms with van der Waals surface area (Å²) in [5.41, 5.74) is 0. The summed E-state index contributed by atoms with van der Waals surface area (Å²) in [4.78, 5) is 0. The Labute approximate surface area is 67.7 Å². The van der Waals surface area contributed by atoms with Gasteiger partial charge in [0.15, 0.2) is 0 Å². The predicted molar refractivity (Wildman–Crippen MR) is 45.0 cm³/mol. The number of alkyl halides is 1. The minimum absolute atomic E-state index is 0.0897. The third-order valence-electron chi connectivity index (χ3n) is 1.31. The van der Waals surface area contributed by atoms with Crippen LogP contribution in [-0.2, 0) is 0 Å². The van der Waals surface area contributed by atoms with E-state index in [1.807, 2.05) is 0 Å². The Morgan fingerprint density at radius 1 is 1.78 bits per heavy atom. The summed E-state index contributed by atoms with van der Waals surface area (Å²) in [7, 11) is 0. The number of rotatable bonds is 2. The molecule has 0 spiro atoms. The SMILES string of the molecule is OCCC1(Br)C=CSC1. The Bertz CT molecular complexity index is 126. The van der Waals surface area contributed by atoms with Gasteiger partial charge in [-0.05, 0) is 11.8 Å². The van der Waals surface area contributed by atoms with Gasteiger partial charge in [0, 0.05) is 12.4 Å². The molecule has 0 radical (unpaired) electrons. The lowest BCUT2D eigenvalue weighted by atomic mass is 10.1. The second kappa shape index (κ2) is 3.08. The summed E-state index contributed by atoms with van der Waals surface area (Å²) in [6, 6.07) is 0. The zero-order chi connectivity index (χ0) is 6.74. The van der Waals surface area contributed by atoms with E-state index in [4.69, 9.17) is 5.11 Å². The van der Waals surface area contributed by atoms with Gasteiger partial charge >= 0.3 is 0 Å². The first-order valence-electron chi connectivity index (χ1n) is 2.86. The maximum Gasteiger partial charge on any atom is 0.0560 e. The van der Waals surface area contributed by atoms with Crippen LogP contribution in [0.2, 0.25) is 0 Å². The maximum absolute atomic E-state index is 8.62. The topological polar surface area (TPSA) is 20.2 Å². The average molecular weight is 209 g/mol. The maximum atomic E-state index is 8.62. The van der Waals surface area contributed by atoms with E-state index in [0.29, 0.717) is 0 Å². The van der Waals surface area contributed by atoms with E-state index in [0.717, 1.165) is 12.2 Å². The van der Waals surface area contributed by atoms with E-state index in [9.17, 15) is 0 Å². The van der Waals surface area contributed by atoms with Crippen LogP contribution >= 0.6 is 27.7 Å². The monoisotopic (exact) mass is 208 g/mol. The average Bonchev–Trinajstić information content (AvgIpc) is 2.16. The molecular weight excluding hydrogens is 200 g/mol. The first-order chi connectivity index (χ1) is 4.27. The fraction of sp³-hybridized carbons (Fsp3) is 0.667. The van der Waals surface area contributed by atoms with E-state index in [-0.39, 0.29) is 10.9 Å². The Balaban J connectivity index is 2.42. The van der Waals surface area contributed by atoms with Crippen LogP contribution in [0.1, 0.15) is 6.42 Å². The summed E-state index contributed by atoms with van der Waals surface area (Å²) in [5.74, 6) is 1.05. The summed E-state index contributed by atoms with van der Waals surface area (Å²) in [6.07, 6.45) is 2.92. The van der Waals surface area contributed by atoms with Crippen molar-refractivity contribution in [1.82, 2.24) is 0 Å². The van der Waals surface area contributed by atoms with Gasteiger partial charge in [0.2, 0.25) is 0 Å². The van der Waals surface area contributed by atoms with Gasteiger partial charge in [0.25, 0.3) is 0 Å². The predicted octanol–water partition coefficient (Wildman–Crippen LogP) is 1.76. The highest BCUT2D eigenvalue weighted by molar-refractivity contribution is 9.10. The highest BCUT2D eigenvalue weighted by Crippen LogP contribution is 2.34. The summed E-state index contributed by atoms with van der Waals surface area (Å²) >= 11 is 5.32. The molecule has 52 valence electrons. The molecule has 1 aliphatic heterocycles. The van der Waals surface area contributed by atoms with Crippen LogP contribution in [0, 0.1) is 0 Å². The number of hydrogen-bond acceptors (Lipinski definition) is 2. The lowest BCUT2D eigenvalue weighted by Gasteiger charge is -2.15. The smallest absolute Gasteiger partial charge is 0.0560 e. The van der Waals surface area contributed by atoms with Gasteiger partial charge < -0.3 is 5.11 Å². The van der Waals surface area contributed by atoms with Crippen LogP contribution in [0.25, 0.3) is 0 Å². The molecule has 0 aromatic carbocycles. The van der Waals surface area contributed by atoms with Crippen LogP contribution in [0.4, 0.5) is 0 Å². The van der Waals surface area contributed by atoms with Crippen molar-refractivity contribution in [3.05, 3.63) is 11.5 Å². The zero-order valence-electron chi connectivity index (χ0n) is 5.01. The van der Waals surface area contributed by atoms with Gasteiger partial charge in [-0.2, -0.15) is 0 Å². The minimum atomic E-state index is 0.0897. The molecule has 1 rings (SSSR count). The highest BCUT2D eigenvalue weighted by Gasteiger charge is 2.25. The number of aliphatic hydroxyl groups excluding tert-OH is 1. The summed E-state index contributed by atoms with van der Waals surface area (Å²) in [6.45, 7) is 0.260. The molecule has 0 saturated carbocycles. The molecule has 0 aromatic heterocycles. The van der Waals surface area contributed by atoms with Crippen LogP contribution in [0.5, 0.6) is 0 Å². The Hall–Kier alpha value is 0.530. The van der Waals surface area contributed by atoms with Gasteiger partial charge in [-0.1, -0.05) is 22.0 Å². The molecule has 1 N–H and O–H groups in total. The van der Waals surface area contributed by atoms with Gasteiger partial charge in [-0.25, -0.2) is 0 Å². The molecule has 0 bridgehead atoms. The van der Waals surface area contributed by atoms with Crippen LogP contribution in [0.3, 0.4) is 0 Å². The van der Waals surface area contributed by atoms with Crippen molar-refractivity contribution in [1.29, 1.82) is 0 Å². The van der Waals surface area contributed by atoms with Gasteiger partial charge in [0.1, 0.15) is 0 Å². The van der Waals surface area contributed by atoms with E-state index in [1.54, 1.807) is 11.8 Å². The number of halogens is 1. The zero-order valence-corrected chi connectivity index (χ0v) is 7.41. The molecule has 1 heterocycles.